The van der Waals surface area contributed by atoms with Gasteiger partial charge in [0.05, 0.1) is 0 Å². The molecule has 3 aromatic rings. The minimum atomic E-state index is -2.85. The average Bonchev–Trinajstić information content (AvgIpc) is 2.99. The van der Waals surface area contributed by atoms with Crippen molar-refractivity contribution in [3.8, 4) is 12.1 Å². The molecule has 0 aromatic heterocycles. The summed E-state index contributed by atoms with van der Waals surface area (Å²) >= 11 is 0. The summed E-state index contributed by atoms with van der Waals surface area (Å²) in [4.78, 5) is 59.5. The van der Waals surface area contributed by atoms with E-state index in [1.54, 1.807) is 0 Å². The molecule has 0 aliphatic rings. The van der Waals surface area contributed by atoms with Gasteiger partial charge >= 0.3 is 11.6 Å². The lowest BCUT2D eigenvalue weighted by molar-refractivity contribution is -0.146. The maximum absolute atomic E-state index is 13.3. The lowest BCUT2D eigenvalue weighted by Gasteiger charge is -2.30. The first-order chi connectivity index (χ1) is 19.0. The topological polar surface area (TPSA) is 139 Å². The van der Waals surface area contributed by atoms with Gasteiger partial charge < -0.3 is 9.80 Å². The molecule has 0 spiro atoms. The molecule has 0 N–H and O–H groups in total. The molecule has 0 saturated heterocycles. The van der Waals surface area contributed by atoms with Crippen molar-refractivity contribution in [3.05, 3.63) is 91.0 Å². The van der Waals surface area contributed by atoms with Gasteiger partial charge in [-0.2, -0.15) is 10.5 Å². The molecular formula is C30H27N4O5P. The van der Waals surface area contributed by atoms with Gasteiger partial charge in [-0.25, -0.2) is 0 Å². The van der Waals surface area contributed by atoms with Gasteiger partial charge in [-0.15, -0.1) is 0 Å². The summed E-state index contributed by atoms with van der Waals surface area (Å²) in [5.74, 6) is -5.06. The lowest BCUT2D eigenvalue weighted by Crippen LogP contribution is -2.39. The lowest BCUT2D eigenvalue weighted by atomic mass is 10.2. The molecule has 40 heavy (non-hydrogen) atoms. The monoisotopic (exact) mass is 554 g/mol. The van der Waals surface area contributed by atoms with E-state index in [0.29, 0.717) is 0 Å². The first kappa shape index (κ1) is 31.1. The molecule has 0 atom stereocenters. The number of ketones is 3. The highest BCUT2D eigenvalue weighted by Crippen LogP contribution is 2.46. The summed E-state index contributed by atoms with van der Waals surface area (Å²) < 4.78 is 0. The number of carbonyl (C=O) groups is 5. The van der Waals surface area contributed by atoms with Gasteiger partial charge in [0.25, 0.3) is 17.6 Å². The van der Waals surface area contributed by atoms with Crippen LogP contribution < -0.4 is 15.9 Å². The Kier molecular flexibility index (Phi) is 11.0. The van der Waals surface area contributed by atoms with Crippen LogP contribution in [0.5, 0.6) is 0 Å². The van der Waals surface area contributed by atoms with Gasteiger partial charge in [-0.3, -0.25) is 24.0 Å². The molecule has 9 nitrogen and oxygen atoms in total. The number of amides is 2. The fourth-order valence-corrected chi connectivity index (χ4v) is 7.80. The van der Waals surface area contributed by atoms with Crippen LogP contribution >= 0.6 is 6.89 Å². The molecule has 0 radical (unpaired) electrons. The van der Waals surface area contributed by atoms with E-state index in [1.165, 1.54) is 33.1 Å². The van der Waals surface area contributed by atoms with Crippen molar-refractivity contribution in [2.75, 3.05) is 28.2 Å². The van der Waals surface area contributed by atoms with E-state index >= 15 is 0 Å². The van der Waals surface area contributed by atoms with Crippen LogP contribution in [0.1, 0.15) is 0 Å². The second-order valence-electron chi connectivity index (χ2n) is 8.64. The highest BCUT2D eigenvalue weighted by molar-refractivity contribution is 7.97. The standard InChI is InChI=1S/C24H21N2O2P.C6H6N2O3/c1-26(2)24(28)23(27)22(18-25)29(19-12-6-3-7-13-19,20-14-8-4-9-15-20)21-16-10-5-11-17-21;1-8(2)6(11)5(10)4(9)3-7/h3-17H,1-2H3;1-2H3. The third-order valence-corrected chi connectivity index (χ3v) is 9.79. The molecular weight excluding hydrogens is 527 g/mol. The van der Waals surface area contributed by atoms with Crippen molar-refractivity contribution in [2.45, 2.75) is 0 Å². The summed E-state index contributed by atoms with van der Waals surface area (Å²) in [6, 6.07) is 31.8. The SMILES string of the molecule is CN(C)C(=O)C(=O)C(=O)C#N.CN(C)C(=O)C(=O)C(C#N)=P(c1ccccc1)(c1ccccc1)c1ccccc1. The molecule has 0 saturated carbocycles. The van der Waals surface area contributed by atoms with Gasteiger partial charge in [0, 0.05) is 28.2 Å². The molecule has 202 valence electrons. The summed E-state index contributed by atoms with van der Waals surface area (Å²) in [5, 5.41) is 20.7. The molecule has 0 aliphatic heterocycles. The molecule has 0 heterocycles. The van der Waals surface area contributed by atoms with Crippen LogP contribution in [0, 0.1) is 22.7 Å². The number of benzene rings is 3. The normalized spacial score (nSPS) is 9.95. The maximum atomic E-state index is 13.3. The Morgan fingerprint density at radius 3 is 1.15 bits per heavy atom. The summed E-state index contributed by atoms with van der Waals surface area (Å²) in [6.45, 7) is -2.85. The fourth-order valence-electron chi connectivity index (χ4n) is 3.72. The second-order valence-corrected chi connectivity index (χ2v) is 12.0. The van der Waals surface area contributed by atoms with Crippen LogP contribution in [-0.2, 0) is 24.0 Å². The third-order valence-electron chi connectivity index (χ3n) is 5.60. The molecule has 2 amide bonds. The van der Waals surface area contributed by atoms with E-state index in [4.69, 9.17) is 5.26 Å². The van der Waals surface area contributed by atoms with E-state index in [1.807, 2.05) is 91.0 Å². The Hall–Kier alpha value is -5.11. The fraction of sp³-hybridized carbons (Fsp3) is 0.133. The Balaban J connectivity index is 0.000000432. The predicted molar refractivity (Wildman–Crippen MR) is 154 cm³/mol. The van der Waals surface area contributed by atoms with Crippen LogP contribution in [0.15, 0.2) is 91.0 Å². The average molecular weight is 555 g/mol. The smallest absolute Gasteiger partial charge is 0.307 e. The first-order valence-electron chi connectivity index (χ1n) is 11.8. The molecule has 0 aliphatic carbocycles. The van der Waals surface area contributed by atoms with Crippen LogP contribution in [0.2, 0.25) is 0 Å². The minimum Gasteiger partial charge on any atom is -0.342 e. The highest BCUT2D eigenvalue weighted by atomic mass is 31.2. The summed E-state index contributed by atoms with van der Waals surface area (Å²) in [7, 11) is 5.68. The van der Waals surface area contributed by atoms with Crippen molar-refractivity contribution < 1.29 is 24.0 Å². The summed E-state index contributed by atoms with van der Waals surface area (Å²) in [5.41, 5.74) is 0. The highest BCUT2D eigenvalue weighted by Gasteiger charge is 2.36. The number of nitriles is 2. The summed E-state index contributed by atoms with van der Waals surface area (Å²) in [6.07, 6.45) is 0. The Morgan fingerprint density at radius 1 is 0.550 bits per heavy atom. The first-order valence-corrected chi connectivity index (χ1v) is 13.6. The quantitative estimate of drug-likeness (QED) is 0.184. The molecule has 0 fully saturated rings. The number of carbonyl (C=O) groups excluding carboxylic acids is 5. The van der Waals surface area contributed by atoms with Gasteiger partial charge in [-0.1, -0.05) is 91.0 Å². The maximum Gasteiger partial charge on any atom is 0.307 e. The van der Waals surface area contributed by atoms with E-state index in [-0.39, 0.29) is 5.29 Å². The number of rotatable bonds is 7. The predicted octanol–water partition coefficient (Wildman–Crippen LogP) is 1.07. The molecule has 3 rings (SSSR count). The molecule has 10 heteroatoms. The van der Waals surface area contributed by atoms with Crippen molar-refractivity contribution in [3.63, 3.8) is 0 Å². The number of likely N-dealkylation sites (N-methyl/N-ethyl adjacent to an activating group) is 2. The van der Waals surface area contributed by atoms with Crippen LogP contribution in [0.25, 0.3) is 0 Å². The number of hydrogen-bond donors (Lipinski definition) is 0. The zero-order valence-electron chi connectivity index (χ0n) is 22.4. The number of hydrogen-bond acceptors (Lipinski definition) is 7. The third kappa shape index (κ3) is 6.66. The van der Waals surface area contributed by atoms with Crippen molar-refractivity contribution in [1.82, 2.24) is 9.80 Å². The van der Waals surface area contributed by atoms with Gasteiger partial charge in [0.2, 0.25) is 0 Å². The Labute approximate surface area is 232 Å². The van der Waals surface area contributed by atoms with E-state index in [9.17, 15) is 29.2 Å². The largest absolute Gasteiger partial charge is 0.342 e. The van der Waals surface area contributed by atoms with E-state index in [0.717, 1.165) is 26.9 Å². The number of nitrogens with zero attached hydrogens (tertiary/aromatic N) is 4. The molecule has 0 unspecified atom stereocenters. The zero-order chi connectivity index (χ0) is 29.9. The van der Waals surface area contributed by atoms with Crippen molar-refractivity contribution in [2.24, 2.45) is 0 Å². The minimum absolute atomic E-state index is 0.0141. The number of Topliss-reactive ketones (excluding diaryl/α,β-unsaturated/α-hetero) is 3. The van der Waals surface area contributed by atoms with Gasteiger partial charge in [0.15, 0.2) is 0 Å². The van der Waals surface area contributed by atoms with Crippen LogP contribution in [-0.4, -0.2) is 72.4 Å². The molecule has 0 bridgehead atoms. The van der Waals surface area contributed by atoms with Crippen LogP contribution in [0.3, 0.4) is 0 Å². The van der Waals surface area contributed by atoms with Crippen molar-refractivity contribution >= 4 is 57.3 Å². The van der Waals surface area contributed by atoms with E-state index in [2.05, 4.69) is 6.07 Å². The second kappa shape index (κ2) is 14.2. The van der Waals surface area contributed by atoms with Crippen LogP contribution in [0.4, 0.5) is 0 Å². The van der Waals surface area contributed by atoms with Gasteiger partial charge in [0.1, 0.15) is 17.4 Å². The molecule has 3 aromatic carbocycles. The van der Waals surface area contributed by atoms with Gasteiger partial charge in [-0.05, 0) is 22.8 Å². The van der Waals surface area contributed by atoms with Crippen molar-refractivity contribution in [1.29, 1.82) is 10.5 Å². The van der Waals surface area contributed by atoms with E-state index < -0.39 is 36.1 Å². The Bertz CT molecular complexity index is 1450. The zero-order valence-corrected chi connectivity index (χ0v) is 23.3. The Morgan fingerprint density at radius 2 is 0.875 bits per heavy atom.